The van der Waals surface area contributed by atoms with E-state index in [9.17, 15) is 4.79 Å². The molecule has 0 unspecified atom stereocenters. The summed E-state index contributed by atoms with van der Waals surface area (Å²) in [5.41, 5.74) is 4.17. The summed E-state index contributed by atoms with van der Waals surface area (Å²) in [6, 6.07) is 13.3. The summed E-state index contributed by atoms with van der Waals surface area (Å²) in [6.07, 6.45) is 8.71. The molecular weight excluding hydrogens is 429 g/mol. The van der Waals surface area contributed by atoms with Crippen molar-refractivity contribution in [2.75, 3.05) is 19.6 Å². The number of amides is 1. The molecule has 0 N–H and O–H groups in total. The van der Waals surface area contributed by atoms with Crippen LogP contribution in [0.4, 0.5) is 4.39 Å². The first-order valence-electron chi connectivity index (χ1n) is 11.9. The number of halogens is 1. The van der Waals surface area contributed by atoms with Crippen LogP contribution in [0.25, 0.3) is 22.5 Å². The molecule has 6 rings (SSSR count). The molecule has 7 heteroatoms. The van der Waals surface area contributed by atoms with Gasteiger partial charge >= 0.3 is 0 Å². The van der Waals surface area contributed by atoms with E-state index in [1.54, 1.807) is 18.5 Å². The van der Waals surface area contributed by atoms with E-state index in [4.69, 9.17) is 0 Å². The molecule has 3 aliphatic rings. The molecule has 1 aliphatic carbocycles. The second kappa shape index (κ2) is 8.63. The van der Waals surface area contributed by atoms with Crippen molar-refractivity contribution in [1.29, 1.82) is 0 Å². The van der Waals surface area contributed by atoms with Gasteiger partial charge in [-0.15, -0.1) is 10.2 Å². The van der Waals surface area contributed by atoms with Gasteiger partial charge in [0.25, 0.3) is 0 Å². The van der Waals surface area contributed by atoms with Crippen LogP contribution in [-0.4, -0.2) is 50.9 Å². The molecule has 6 nitrogen and oxygen atoms in total. The average molecular weight is 456 g/mol. The summed E-state index contributed by atoms with van der Waals surface area (Å²) in [4.78, 5) is 18.8. The Morgan fingerprint density at radius 2 is 1.91 bits per heavy atom. The van der Waals surface area contributed by atoms with E-state index < -0.39 is 0 Å². The fourth-order valence-corrected chi connectivity index (χ4v) is 4.94. The van der Waals surface area contributed by atoms with Crippen LogP contribution in [0.3, 0.4) is 0 Å². The van der Waals surface area contributed by atoms with Gasteiger partial charge in [-0.2, -0.15) is 0 Å². The fraction of sp³-hybridized carbons (Fsp3) is 0.333. The Hall–Kier alpha value is -3.61. The summed E-state index contributed by atoms with van der Waals surface area (Å²) in [7, 11) is 0. The zero-order valence-corrected chi connectivity index (χ0v) is 18.9. The van der Waals surface area contributed by atoms with E-state index in [0.29, 0.717) is 36.3 Å². The van der Waals surface area contributed by atoms with Crippen LogP contribution in [0.15, 0.2) is 65.9 Å². The SMILES string of the molecule is O=C(C1CC1)N1CC[C@@H](Cn2cnnc2-c2ccc(-c3cccc(C4=NCC=C4)c3)cc2F)C1. The molecule has 2 fully saturated rings. The lowest BCUT2D eigenvalue weighted by Gasteiger charge is -2.17. The van der Waals surface area contributed by atoms with Gasteiger partial charge in [-0.3, -0.25) is 9.79 Å². The molecule has 1 atom stereocenters. The molecule has 34 heavy (non-hydrogen) atoms. The lowest BCUT2D eigenvalue weighted by molar-refractivity contribution is -0.131. The molecule has 0 bridgehead atoms. The third-order valence-corrected chi connectivity index (χ3v) is 6.94. The lowest BCUT2D eigenvalue weighted by atomic mass is 9.99. The number of hydrogen-bond acceptors (Lipinski definition) is 4. The molecule has 1 saturated carbocycles. The topological polar surface area (TPSA) is 63.4 Å². The molecule has 2 aliphatic heterocycles. The zero-order chi connectivity index (χ0) is 23.1. The van der Waals surface area contributed by atoms with E-state index in [0.717, 1.165) is 54.8 Å². The van der Waals surface area contributed by atoms with Gasteiger partial charge < -0.3 is 9.47 Å². The minimum absolute atomic E-state index is 0.250. The summed E-state index contributed by atoms with van der Waals surface area (Å²) in [5, 5.41) is 8.28. The molecule has 1 aromatic heterocycles. The third-order valence-electron chi connectivity index (χ3n) is 6.94. The van der Waals surface area contributed by atoms with E-state index >= 15 is 4.39 Å². The largest absolute Gasteiger partial charge is 0.342 e. The number of allylic oxidation sites excluding steroid dienone is 1. The maximum atomic E-state index is 15.3. The highest BCUT2D eigenvalue weighted by atomic mass is 19.1. The van der Waals surface area contributed by atoms with Crippen molar-refractivity contribution >= 4 is 11.6 Å². The molecule has 3 heterocycles. The lowest BCUT2D eigenvalue weighted by Crippen LogP contribution is -2.30. The molecule has 3 aromatic rings. The van der Waals surface area contributed by atoms with Gasteiger partial charge in [0.05, 0.1) is 17.8 Å². The van der Waals surface area contributed by atoms with Gasteiger partial charge in [0.1, 0.15) is 12.1 Å². The van der Waals surface area contributed by atoms with Crippen molar-refractivity contribution in [2.45, 2.75) is 25.8 Å². The van der Waals surface area contributed by atoms with Crippen molar-refractivity contribution in [3.63, 3.8) is 0 Å². The van der Waals surface area contributed by atoms with Crippen LogP contribution in [-0.2, 0) is 11.3 Å². The van der Waals surface area contributed by atoms with Crippen LogP contribution in [0, 0.1) is 17.7 Å². The van der Waals surface area contributed by atoms with Gasteiger partial charge in [0, 0.05) is 31.1 Å². The number of rotatable bonds is 6. The van der Waals surface area contributed by atoms with Crippen LogP contribution < -0.4 is 0 Å². The molecular formula is C27H26FN5O. The van der Waals surface area contributed by atoms with Gasteiger partial charge in [-0.25, -0.2) is 4.39 Å². The molecule has 1 saturated heterocycles. The third kappa shape index (κ3) is 4.06. The minimum Gasteiger partial charge on any atom is -0.342 e. The maximum absolute atomic E-state index is 15.3. The van der Waals surface area contributed by atoms with E-state index in [1.165, 1.54) is 0 Å². The quantitative estimate of drug-likeness (QED) is 0.555. The number of benzene rings is 2. The number of nitrogens with zero attached hydrogens (tertiary/aromatic N) is 5. The van der Waals surface area contributed by atoms with Crippen LogP contribution in [0.1, 0.15) is 24.8 Å². The van der Waals surface area contributed by atoms with Gasteiger partial charge in [0.2, 0.25) is 5.91 Å². The normalized spacial score (nSPS) is 19.6. The Kier molecular flexibility index (Phi) is 5.32. The second-order valence-corrected chi connectivity index (χ2v) is 9.42. The first kappa shape index (κ1) is 21.0. The second-order valence-electron chi connectivity index (χ2n) is 9.42. The smallest absolute Gasteiger partial charge is 0.225 e. The highest BCUT2D eigenvalue weighted by molar-refractivity contribution is 6.10. The fourth-order valence-electron chi connectivity index (χ4n) is 4.94. The van der Waals surface area contributed by atoms with Crippen LogP contribution in [0.2, 0.25) is 0 Å². The monoisotopic (exact) mass is 455 g/mol. The predicted molar refractivity (Wildman–Crippen MR) is 129 cm³/mol. The Balaban J connectivity index is 1.20. The van der Waals surface area contributed by atoms with Crippen molar-refractivity contribution < 1.29 is 9.18 Å². The Bertz CT molecular complexity index is 1310. The average Bonchev–Trinajstić information content (AvgIpc) is 3.22. The van der Waals surface area contributed by atoms with Crippen LogP contribution in [0.5, 0.6) is 0 Å². The summed E-state index contributed by atoms with van der Waals surface area (Å²) >= 11 is 0. The minimum atomic E-state index is -0.327. The number of hydrogen-bond donors (Lipinski definition) is 0. The number of carbonyl (C=O) groups is 1. The van der Waals surface area contributed by atoms with Gasteiger partial charge in [-0.05, 0) is 60.6 Å². The van der Waals surface area contributed by atoms with Crippen molar-refractivity contribution in [1.82, 2.24) is 19.7 Å². The van der Waals surface area contributed by atoms with Crippen molar-refractivity contribution in [3.8, 4) is 22.5 Å². The molecule has 0 radical (unpaired) electrons. The molecule has 0 spiro atoms. The highest BCUT2D eigenvalue weighted by Gasteiger charge is 2.36. The van der Waals surface area contributed by atoms with E-state index in [2.05, 4.69) is 15.2 Å². The van der Waals surface area contributed by atoms with E-state index in [-0.39, 0.29) is 11.7 Å². The van der Waals surface area contributed by atoms with Crippen molar-refractivity contribution in [2.24, 2.45) is 16.8 Å². The number of carbonyl (C=O) groups excluding carboxylic acids is 1. The molecule has 172 valence electrons. The number of aliphatic imine (C=N–C) groups is 1. The summed E-state index contributed by atoms with van der Waals surface area (Å²) < 4.78 is 17.2. The zero-order valence-electron chi connectivity index (χ0n) is 18.9. The summed E-state index contributed by atoms with van der Waals surface area (Å²) in [5.74, 6) is 1.07. The first-order chi connectivity index (χ1) is 16.7. The predicted octanol–water partition coefficient (Wildman–Crippen LogP) is 4.37. The first-order valence-corrected chi connectivity index (χ1v) is 11.9. The Morgan fingerprint density at radius 1 is 1.06 bits per heavy atom. The van der Waals surface area contributed by atoms with E-state index in [1.807, 2.05) is 52.0 Å². The molecule has 1 amide bonds. The summed E-state index contributed by atoms with van der Waals surface area (Å²) in [6.45, 7) is 2.95. The Morgan fingerprint density at radius 3 is 2.71 bits per heavy atom. The van der Waals surface area contributed by atoms with Gasteiger partial charge in [-0.1, -0.05) is 30.3 Å². The maximum Gasteiger partial charge on any atom is 0.225 e. The van der Waals surface area contributed by atoms with Crippen molar-refractivity contribution in [3.05, 3.63) is 72.3 Å². The number of aromatic nitrogens is 3. The Labute approximate surface area is 197 Å². The molecule has 2 aromatic carbocycles. The highest BCUT2D eigenvalue weighted by Crippen LogP contribution is 2.34. The number of likely N-dealkylation sites (tertiary alicyclic amines) is 1. The van der Waals surface area contributed by atoms with Gasteiger partial charge in [0.15, 0.2) is 5.82 Å². The standard InChI is InChI=1S/C27H26FN5O/c28-24-14-21(20-3-1-4-22(13-20)25-5-2-11-29-25)8-9-23(24)26-31-30-17-33(26)16-18-10-12-32(15-18)27(34)19-6-7-19/h1-5,8-9,13-14,17-19H,6-7,10-12,15-16H2/t18-/m1/s1. The van der Waals surface area contributed by atoms with Crippen LogP contribution >= 0.6 is 0 Å².